The van der Waals surface area contributed by atoms with Gasteiger partial charge in [-0.2, -0.15) is 0 Å². The molecule has 1 atom stereocenters. The van der Waals surface area contributed by atoms with Gasteiger partial charge in [0.25, 0.3) is 0 Å². The van der Waals surface area contributed by atoms with Crippen LogP contribution in [0, 0.1) is 0 Å². The number of carbonyl (C=O) groups is 2. The van der Waals surface area contributed by atoms with E-state index in [9.17, 15) is 9.59 Å². The van der Waals surface area contributed by atoms with E-state index >= 15 is 0 Å². The van der Waals surface area contributed by atoms with Crippen molar-refractivity contribution in [3.8, 4) is 5.75 Å². The number of carbonyl (C=O) groups excluding carboxylic acids is 2. The Labute approximate surface area is 159 Å². The first-order valence-corrected chi connectivity index (χ1v) is 9.10. The van der Waals surface area contributed by atoms with Crippen molar-refractivity contribution in [3.63, 3.8) is 0 Å². The fourth-order valence-electron chi connectivity index (χ4n) is 3.66. The molecule has 0 saturated carbocycles. The summed E-state index contributed by atoms with van der Waals surface area (Å²) in [5.74, 6) is 0.244. The molecule has 27 heavy (non-hydrogen) atoms. The molecule has 6 heteroatoms. The number of primary amides is 1. The van der Waals surface area contributed by atoms with Crippen molar-refractivity contribution in [1.82, 2.24) is 5.32 Å². The van der Waals surface area contributed by atoms with Crippen LogP contribution in [-0.4, -0.2) is 32.0 Å². The number of fused-ring (bicyclic) bond motifs is 1. The summed E-state index contributed by atoms with van der Waals surface area (Å²) in [6, 6.07) is 13.0. The third kappa shape index (κ3) is 4.05. The fraction of sp³-hybridized carbons (Fsp3) is 0.333. The second-order valence-corrected chi connectivity index (χ2v) is 6.72. The van der Waals surface area contributed by atoms with Crippen LogP contribution in [0.3, 0.4) is 0 Å². The Morgan fingerprint density at radius 1 is 1.22 bits per heavy atom. The number of para-hydroxylation sites is 1. The zero-order chi connectivity index (χ0) is 19.4. The average molecular weight is 367 g/mol. The highest BCUT2D eigenvalue weighted by molar-refractivity contribution is 5.96. The Balaban J connectivity index is 1.73. The Hall–Kier alpha value is -3.02. The van der Waals surface area contributed by atoms with Crippen LogP contribution < -0.4 is 20.7 Å². The number of nitrogens with two attached hydrogens (primary N) is 1. The summed E-state index contributed by atoms with van der Waals surface area (Å²) in [5, 5.41) is 3.03. The molecule has 142 valence electrons. The van der Waals surface area contributed by atoms with Gasteiger partial charge < -0.3 is 20.7 Å². The van der Waals surface area contributed by atoms with E-state index in [1.807, 2.05) is 48.2 Å². The van der Waals surface area contributed by atoms with Gasteiger partial charge >= 0.3 is 0 Å². The molecule has 0 bridgehead atoms. The summed E-state index contributed by atoms with van der Waals surface area (Å²) < 4.78 is 5.37. The lowest BCUT2D eigenvalue weighted by Gasteiger charge is -2.32. The van der Waals surface area contributed by atoms with E-state index in [1.165, 1.54) is 0 Å². The van der Waals surface area contributed by atoms with Crippen LogP contribution in [0.15, 0.2) is 42.5 Å². The minimum Gasteiger partial charge on any atom is -0.496 e. The first kappa shape index (κ1) is 18.8. The van der Waals surface area contributed by atoms with Crippen molar-refractivity contribution in [3.05, 3.63) is 59.2 Å². The number of rotatable bonds is 6. The van der Waals surface area contributed by atoms with Crippen molar-refractivity contribution < 1.29 is 14.3 Å². The van der Waals surface area contributed by atoms with Crippen LogP contribution in [0.1, 0.15) is 40.9 Å². The molecule has 2 aromatic carbocycles. The van der Waals surface area contributed by atoms with E-state index in [0.29, 0.717) is 5.56 Å². The van der Waals surface area contributed by atoms with E-state index in [-0.39, 0.29) is 18.5 Å². The van der Waals surface area contributed by atoms with Gasteiger partial charge in [0.15, 0.2) is 0 Å². The highest BCUT2D eigenvalue weighted by Crippen LogP contribution is 2.30. The van der Waals surface area contributed by atoms with E-state index < -0.39 is 5.91 Å². The van der Waals surface area contributed by atoms with Gasteiger partial charge in [0.1, 0.15) is 5.75 Å². The molecule has 1 heterocycles. The predicted molar refractivity (Wildman–Crippen MR) is 105 cm³/mol. The Morgan fingerprint density at radius 2 is 2.00 bits per heavy atom. The van der Waals surface area contributed by atoms with Gasteiger partial charge in [0.2, 0.25) is 11.8 Å². The largest absolute Gasteiger partial charge is 0.496 e. The number of amides is 2. The zero-order valence-electron chi connectivity index (χ0n) is 15.7. The summed E-state index contributed by atoms with van der Waals surface area (Å²) in [6.45, 7) is 2.94. The molecule has 1 aliphatic heterocycles. The minimum absolute atomic E-state index is 0.0780. The smallest absolute Gasteiger partial charge is 0.249 e. The van der Waals surface area contributed by atoms with Gasteiger partial charge in [0.05, 0.1) is 19.7 Å². The first-order chi connectivity index (χ1) is 13.0. The highest BCUT2D eigenvalue weighted by atomic mass is 16.5. The number of hydrogen-bond donors (Lipinski definition) is 2. The van der Waals surface area contributed by atoms with Crippen molar-refractivity contribution >= 4 is 17.5 Å². The number of ether oxygens (including phenoxy) is 1. The number of anilines is 1. The third-order valence-corrected chi connectivity index (χ3v) is 4.93. The number of nitrogens with zero attached hydrogens (tertiary/aromatic N) is 1. The van der Waals surface area contributed by atoms with Crippen LogP contribution in [0.25, 0.3) is 0 Å². The maximum absolute atomic E-state index is 12.6. The topological polar surface area (TPSA) is 84.7 Å². The van der Waals surface area contributed by atoms with Gasteiger partial charge in [-0.25, -0.2) is 0 Å². The molecule has 1 aliphatic rings. The second-order valence-electron chi connectivity index (χ2n) is 6.72. The third-order valence-electron chi connectivity index (χ3n) is 4.93. The van der Waals surface area contributed by atoms with Crippen molar-refractivity contribution in [2.24, 2.45) is 5.73 Å². The molecule has 1 unspecified atom stereocenters. The quantitative estimate of drug-likeness (QED) is 0.821. The molecule has 0 spiro atoms. The zero-order valence-corrected chi connectivity index (χ0v) is 15.7. The van der Waals surface area contributed by atoms with Gasteiger partial charge in [-0.05, 0) is 43.5 Å². The highest BCUT2D eigenvalue weighted by Gasteiger charge is 2.23. The molecule has 0 aromatic heterocycles. The molecular formula is C21H25N3O3. The molecule has 0 fully saturated rings. The lowest BCUT2D eigenvalue weighted by Crippen LogP contribution is -2.41. The van der Waals surface area contributed by atoms with Gasteiger partial charge in [0, 0.05) is 23.4 Å². The summed E-state index contributed by atoms with van der Waals surface area (Å²) in [5.41, 5.74) is 8.82. The summed E-state index contributed by atoms with van der Waals surface area (Å²) >= 11 is 0. The van der Waals surface area contributed by atoms with Crippen LogP contribution in [-0.2, 0) is 11.2 Å². The van der Waals surface area contributed by atoms with Crippen LogP contribution in [0.5, 0.6) is 5.75 Å². The maximum atomic E-state index is 12.6. The average Bonchev–Trinajstić information content (AvgIpc) is 2.67. The summed E-state index contributed by atoms with van der Waals surface area (Å²) in [6.07, 6.45) is 1.68. The number of benzene rings is 2. The van der Waals surface area contributed by atoms with E-state index in [1.54, 1.807) is 13.2 Å². The fourth-order valence-corrected chi connectivity index (χ4v) is 3.66. The van der Waals surface area contributed by atoms with Gasteiger partial charge in [-0.15, -0.1) is 0 Å². The van der Waals surface area contributed by atoms with E-state index in [4.69, 9.17) is 10.5 Å². The van der Waals surface area contributed by atoms with Gasteiger partial charge in [-0.1, -0.05) is 24.3 Å². The van der Waals surface area contributed by atoms with Crippen molar-refractivity contribution in [1.29, 1.82) is 0 Å². The van der Waals surface area contributed by atoms with Gasteiger partial charge in [-0.3, -0.25) is 9.59 Å². The standard InChI is InChI=1S/C21H25N3O3/c1-14(15-7-3-4-11-19(15)27-2)23-20(25)13-24-12-6-9-16-17(21(22)26)8-5-10-18(16)24/h3-5,7-8,10-11,14H,6,9,12-13H2,1-2H3,(H2,22,26)(H,23,25). The Kier molecular flexibility index (Phi) is 5.64. The van der Waals surface area contributed by atoms with E-state index in [2.05, 4.69) is 5.32 Å². The summed E-state index contributed by atoms with van der Waals surface area (Å²) in [7, 11) is 1.62. The lowest BCUT2D eigenvalue weighted by atomic mass is 9.96. The lowest BCUT2D eigenvalue weighted by molar-refractivity contribution is -0.120. The molecule has 3 N–H and O–H groups in total. The SMILES string of the molecule is COc1ccccc1C(C)NC(=O)CN1CCCc2c(C(N)=O)cccc21. The number of hydrogen-bond acceptors (Lipinski definition) is 4. The minimum atomic E-state index is -0.428. The van der Waals surface area contributed by atoms with Crippen molar-refractivity contribution in [2.45, 2.75) is 25.8 Å². The Bertz CT molecular complexity index is 850. The molecule has 0 radical (unpaired) electrons. The molecule has 0 saturated heterocycles. The maximum Gasteiger partial charge on any atom is 0.249 e. The van der Waals surface area contributed by atoms with Crippen LogP contribution >= 0.6 is 0 Å². The monoisotopic (exact) mass is 367 g/mol. The van der Waals surface area contributed by atoms with Crippen LogP contribution in [0.2, 0.25) is 0 Å². The normalized spacial score (nSPS) is 14.2. The first-order valence-electron chi connectivity index (χ1n) is 9.10. The van der Waals surface area contributed by atoms with Crippen molar-refractivity contribution in [2.75, 3.05) is 25.1 Å². The molecule has 0 aliphatic carbocycles. The van der Waals surface area contributed by atoms with Crippen LogP contribution in [0.4, 0.5) is 5.69 Å². The summed E-state index contributed by atoms with van der Waals surface area (Å²) in [4.78, 5) is 26.3. The predicted octanol–water partition coefficient (Wildman–Crippen LogP) is 2.42. The second kappa shape index (κ2) is 8.12. The number of nitrogens with one attached hydrogen (secondary N) is 1. The molecular weight excluding hydrogens is 342 g/mol. The Morgan fingerprint density at radius 3 is 2.74 bits per heavy atom. The van der Waals surface area contributed by atoms with E-state index in [0.717, 1.165) is 42.0 Å². The molecule has 6 nitrogen and oxygen atoms in total. The molecule has 2 aromatic rings. The number of methoxy groups -OCH3 is 1. The molecule has 3 rings (SSSR count). The molecule has 2 amide bonds.